The van der Waals surface area contributed by atoms with Crippen molar-refractivity contribution in [3.05, 3.63) is 59.0 Å². The van der Waals surface area contributed by atoms with Crippen LogP contribution in [0, 0.1) is 0 Å². The maximum absolute atomic E-state index is 8.60. The van der Waals surface area contributed by atoms with Gasteiger partial charge in [0.25, 0.3) is 0 Å². The fourth-order valence-electron chi connectivity index (χ4n) is 2.14. The first-order valence-electron chi connectivity index (χ1n) is 7.10. The number of azide groups is 1. The average molecular weight is 273 g/mol. The molecule has 0 aliphatic carbocycles. The van der Waals surface area contributed by atoms with Crippen molar-refractivity contribution in [1.29, 1.82) is 0 Å². The van der Waals surface area contributed by atoms with Crippen LogP contribution in [0.1, 0.15) is 38.2 Å². The number of hydrogen-bond donors (Lipinski definition) is 0. The minimum atomic E-state index is -0.0650. The first kappa shape index (κ1) is 16.3. The summed E-state index contributed by atoms with van der Waals surface area (Å²) in [5.41, 5.74) is 9.76. The topological polar surface area (TPSA) is 58.0 Å². The van der Waals surface area contributed by atoms with Crippen molar-refractivity contribution in [2.75, 3.05) is 0 Å². The third-order valence-corrected chi connectivity index (χ3v) is 3.13. The molecule has 0 radical (unpaired) electrons. The molecule has 0 bridgehead atoms. The maximum Gasteiger partial charge on any atom is 0.0720 e. The van der Waals surface area contributed by atoms with Crippen LogP contribution in [0.2, 0.25) is 0 Å². The van der Waals surface area contributed by atoms with E-state index in [-0.39, 0.29) is 12.1 Å². The number of nitrogens with zero attached hydrogens (tertiary/aromatic N) is 3. The summed E-state index contributed by atoms with van der Waals surface area (Å²) in [4.78, 5) is 2.91. The van der Waals surface area contributed by atoms with Crippen LogP contribution < -0.4 is 0 Å². The van der Waals surface area contributed by atoms with Crippen molar-refractivity contribution in [3.63, 3.8) is 0 Å². The van der Waals surface area contributed by atoms with E-state index in [2.05, 4.69) is 35.7 Å². The van der Waals surface area contributed by atoms with Crippen molar-refractivity contribution < 1.29 is 4.74 Å². The van der Waals surface area contributed by atoms with Gasteiger partial charge in [-0.25, -0.2) is 0 Å². The SMILES string of the molecule is C=CC[C@H](C[C@@H](CCC)OCc1ccccc1)N=[N+]=[N-]. The highest BCUT2D eigenvalue weighted by molar-refractivity contribution is 5.13. The molecule has 1 rings (SSSR count). The molecule has 0 saturated heterocycles. The molecule has 1 aromatic rings. The van der Waals surface area contributed by atoms with E-state index >= 15 is 0 Å². The Hall–Kier alpha value is -1.77. The molecule has 0 N–H and O–H groups in total. The largest absolute Gasteiger partial charge is 0.374 e. The Morgan fingerprint density at radius 1 is 1.40 bits per heavy atom. The lowest BCUT2D eigenvalue weighted by atomic mass is 10.0. The Labute approximate surface area is 121 Å². The standard InChI is InChI=1S/C16H23N3O/c1-3-8-15(18-19-17)12-16(9-4-2)20-13-14-10-6-5-7-11-14/h3,5-7,10-11,15-16H,1,4,8-9,12-13H2,2H3/t15-,16-/m1/s1. The van der Waals surface area contributed by atoms with E-state index < -0.39 is 0 Å². The zero-order valence-electron chi connectivity index (χ0n) is 12.1. The highest BCUT2D eigenvalue weighted by atomic mass is 16.5. The Kier molecular flexibility index (Phi) is 8.20. The quantitative estimate of drug-likeness (QED) is 0.255. The Morgan fingerprint density at radius 3 is 2.75 bits per heavy atom. The van der Waals surface area contributed by atoms with Gasteiger partial charge in [-0.2, -0.15) is 0 Å². The third-order valence-electron chi connectivity index (χ3n) is 3.13. The normalized spacial score (nSPS) is 13.2. The van der Waals surface area contributed by atoms with E-state index in [1.807, 2.05) is 18.2 Å². The van der Waals surface area contributed by atoms with Gasteiger partial charge in [-0.15, -0.1) is 6.58 Å². The maximum atomic E-state index is 8.60. The molecule has 2 atom stereocenters. The summed E-state index contributed by atoms with van der Waals surface area (Å²) in [7, 11) is 0. The summed E-state index contributed by atoms with van der Waals surface area (Å²) < 4.78 is 5.97. The van der Waals surface area contributed by atoms with E-state index in [0.717, 1.165) is 24.8 Å². The first-order chi connectivity index (χ1) is 9.80. The van der Waals surface area contributed by atoms with Gasteiger partial charge in [-0.05, 0) is 30.4 Å². The average Bonchev–Trinajstić information content (AvgIpc) is 2.46. The molecule has 0 aliphatic rings. The van der Waals surface area contributed by atoms with Crippen LogP contribution in [0.25, 0.3) is 10.4 Å². The lowest BCUT2D eigenvalue weighted by Gasteiger charge is -2.20. The second kappa shape index (κ2) is 10.1. The minimum Gasteiger partial charge on any atom is -0.374 e. The van der Waals surface area contributed by atoms with E-state index in [1.165, 1.54) is 0 Å². The molecule has 0 aromatic heterocycles. The number of ether oxygens (including phenoxy) is 1. The molecule has 108 valence electrons. The summed E-state index contributed by atoms with van der Waals surface area (Å²) >= 11 is 0. The number of hydrogen-bond acceptors (Lipinski definition) is 2. The number of benzene rings is 1. The monoisotopic (exact) mass is 273 g/mol. The summed E-state index contributed by atoms with van der Waals surface area (Å²) in [5, 5.41) is 3.82. The van der Waals surface area contributed by atoms with Gasteiger partial charge in [0.2, 0.25) is 0 Å². The summed E-state index contributed by atoms with van der Waals surface area (Å²) in [6.07, 6.45) is 5.38. The zero-order chi connectivity index (χ0) is 14.6. The van der Waals surface area contributed by atoms with Gasteiger partial charge in [0.15, 0.2) is 0 Å². The Bertz CT molecular complexity index is 427. The van der Waals surface area contributed by atoms with Crippen LogP contribution in [0.3, 0.4) is 0 Å². The lowest BCUT2D eigenvalue weighted by Crippen LogP contribution is -2.19. The zero-order valence-corrected chi connectivity index (χ0v) is 12.1. The van der Waals surface area contributed by atoms with Crippen molar-refractivity contribution in [1.82, 2.24) is 0 Å². The molecule has 0 saturated carbocycles. The molecular weight excluding hydrogens is 250 g/mol. The Morgan fingerprint density at radius 2 is 2.15 bits per heavy atom. The second-order valence-electron chi connectivity index (χ2n) is 4.83. The molecule has 0 aliphatic heterocycles. The van der Waals surface area contributed by atoms with Gasteiger partial charge < -0.3 is 4.74 Å². The van der Waals surface area contributed by atoms with Crippen molar-refractivity contribution >= 4 is 0 Å². The summed E-state index contributed by atoms with van der Waals surface area (Å²) in [5.74, 6) is 0. The van der Waals surface area contributed by atoms with E-state index in [0.29, 0.717) is 13.0 Å². The second-order valence-corrected chi connectivity index (χ2v) is 4.83. The lowest BCUT2D eigenvalue weighted by molar-refractivity contribution is 0.0250. The van der Waals surface area contributed by atoms with Gasteiger partial charge in [0, 0.05) is 11.0 Å². The predicted molar refractivity (Wildman–Crippen MR) is 82.3 cm³/mol. The third kappa shape index (κ3) is 6.41. The van der Waals surface area contributed by atoms with Gasteiger partial charge >= 0.3 is 0 Å². The fraction of sp³-hybridized carbons (Fsp3) is 0.500. The minimum absolute atomic E-state index is 0.0650. The van der Waals surface area contributed by atoms with Crippen molar-refractivity contribution in [2.24, 2.45) is 5.11 Å². The smallest absolute Gasteiger partial charge is 0.0720 e. The van der Waals surface area contributed by atoms with Crippen LogP contribution in [-0.4, -0.2) is 12.1 Å². The van der Waals surface area contributed by atoms with Crippen LogP contribution in [0.15, 0.2) is 48.1 Å². The molecule has 0 fully saturated rings. The van der Waals surface area contributed by atoms with Gasteiger partial charge in [-0.3, -0.25) is 0 Å². The molecule has 0 heterocycles. The molecule has 0 amide bonds. The van der Waals surface area contributed by atoms with Crippen LogP contribution in [0.5, 0.6) is 0 Å². The number of rotatable bonds is 10. The highest BCUT2D eigenvalue weighted by Gasteiger charge is 2.14. The van der Waals surface area contributed by atoms with Crippen LogP contribution in [0.4, 0.5) is 0 Å². The van der Waals surface area contributed by atoms with E-state index in [9.17, 15) is 0 Å². The van der Waals surface area contributed by atoms with Crippen molar-refractivity contribution in [3.8, 4) is 0 Å². The summed E-state index contributed by atoms with van der Waals surface area (Å²) in [6.45, 7) is 6.44. The molecule has 0 spiro atoms. The van der Waals surface area contributed by atoms with Gasteiger partial charge in [-0.1, -0.05) is 54.9 Å². The summed E-state index contributed by atoms with van der Waals surface area (Å²) in [6, 6.07) is 10.1. The molecular formula is C16H23N3O. The van der Waals surface area contributed by atoms with Crippen LogP contribution >= 0.6 is 0 Å². The van der Waals surface area contributed by atoms with E-state index in [1.54, 1.807) is 6.08 Å². The molecule has 4 nitrogen and oxygen atoms in total. The van der Waals surface area contributed by atoms with E-state index in [4.69, 9.17) is 10.3 Å². The van der Waals surface area contributed by atoms with Crippen LogP contribution in [-0.2, 0) is 11.3 Å². The molecule has 0 unspecified atom stereocenters. The highest BCUT2D eigenvalue weighted by Crippen LogP contribution is 2.17. The fourth-order valence-corrected chi connectivity index (χ4v) is 2.14. The molecule has 20 heavy (non-hydrogen) atoms. The van der Waals surface area contributed by atoms with Gasteiger partial charge in [0.05, 0.1) is 12.7 Å². The Balaban J connectivity index is 2.54. The molecule has 1 aromatic carbocycles. The molecule has 4 heteroatoms. The van der Waals surface area contributed by atoms with Gasteiger partial charge in [0.1, 0.15) is 0 Å². The first-order valence-corrected chi connectivity index (χ1v) is 7.10. The van der Waals surface area contributed by atoms with Crippen molar-refractivity contribution in [2.45, 2.75) is 51.4 Å². The predicted octanol–water partition coefficient (Wildman–Crippen LogP) is 5.02.